The number of nitrogens with zero attached hydrogens (tertiary/aromatic N) is 1. The zero-order valence-corrected chi connectivity index (χ0v) is 16.2. The number of amides is 1. The molecule has 1 saturated heterocycles. The number of hydrogen-bond acceptors (Lipinski definition) is 4. The van der Waals surface area contributed by atoms with Gasteiger partial charge in [-0.3, -0.25) is 0 Å². The molecule has 0 radical (unpaired) electrons. The third-order valence-electron chi connectivity index (χ3n) is 5.20. The molecule has 0 bridgehead atoms. The second-order valence-corrected chi connectivity index (χ2v) is 8.78. The van der Waals surface area contributed by atoms with Gasteiger partial charge in [0.2, 0.25) is 0 Å². The van der Waals surface area contributed by atoms with E-state index in [1.807, 2.05) is 27.8 Å². The maximum atomic E-state index is 12.1. The molecule has 2 aliphatic rings. The van der Waals surface area contributed by atoms with E-state index in [4.69, 9.17) is 4.74 Å². The van der Waals surface area contributed by atoms with Crippen LogP contribution >= 0.6 is 0 Å². The maximum absolute atomic E-state index is 12.1. The van der Waals surface area contributed by atoms with Crippen molar-refractivity contribution in [2.24, 2.45) is 11.8 Å². The molecule has 1 aliphatic carbocycles. The van der Waals surface area contributed by atoms with Gasteiger partial charge in [-0.1, -0.05) is 13.3 Å². The number of carbonyl (C=O) groups is 1. The zero-order valence-electron chi connectivity index (χ0n) is 16.2. The summed E-state index contributed by atoms with van der Waals surface area (Å²) in [7, 11) is 1.82. The van der Waals surface area contributed by atoms with Gasteiger partial charge in [0.05, 0.1) is 0 Å². The predicted octanol–water partition coefficient (Wildman–Crippen LogP) is 3.00. The molecule has 1 heterocycles. The van der Waals surface area contributed by atoms with Gasteiger partial charge in [-0.05, 0) is 71.4 Å². The van der Waals surface area contributed by atoms with E-state index in [9.17, 15) is 4.79 Å². The average Bonchev–Trinajstić information content (AvgIpc) is 3.13. The van der Waals surface area contributed by atoms with Crippen molar-refractivity contribution in [3.8, 4) is 0 Å². The number of hydrogen-bond donors (Lipinski definition) is 2. The minimum Gasteiger partial charge on any atom is -0.444 e. The highest BCUT2D eigenvalue weighted by Gasteiger charge is 2.34. The Morgan fingerprint density at radius 2 is 2.04 bits per heavy atom. The number of ether oxygens (including phenoxy) is 1. The Morgan fingerprint density at radius 1 is 1.29 bits per heavy atom. The molecule has 0 aromatic rings. The first kappa shape index (κ1) is 19.5. The van der Waals surface area contributed by atoms with E-state index in [0.717, 1.165) is 19.0 Å². The molecule has 2 fully saturated rings. The topological polar surface area (TPSA) is 53.6 Å². The number of rotatable bonds is 6. The summed E-state index contributed by atoms with van der Waals surface area (Å²) in [6, 6.07) is 1.35. The van der Waals surface area contributed by atoms with Crippen LogP contribution < -0.4 is 10.6 Å². The van der Waals surface area contributed by atoms with Gasteiger partial charge in [0.25, 0.3) is 0 Å². The summed E-state index contributed by atoms with van der Waals surface area (Å²) in [6.07, 6.45) is 6.40. The van der Waals surface area contributed by atoms with Crippen molar-refractivity contribution in [1.29, 1.82) is 0 Å². The molecule has 24 heavy (non-hydrogen) atoms. The summed E-state index contributed by atoms with van der Waals surface area (Å²) in [6.45, 7) is 10.8. The van der Waals surface area contributed by atoms with Gasteiger partial charge in [0.15, 0.2) is 0 Å². The highest BCUT2D eigenvalue weighted by atomic mass is 16.6. The van der Waals surface area contributed by atoms with Crippen molar-refractivity contribution in [2.45, 2.75) is 77.5 Å². The molecule has 2 N–H and O–H groups in total. The fourth-order valence-corrected chi connectivity index (χ4v) is 4.10. The van der Waals surface area contributed by atoms with Gasteiger partial charge >= 0.3 is 6.09 Å². The molecule has 140 valence electrons. The Labute approximate surface area is 147 Å². The lowest BCUT2D eigenvalue weighted by molar-refractivity contribution is 0.0276. The van der Waals surface area contributed by atoms with Gasteiger partial charge in [0, 0.05) is 25.7 Å². The van der Waals surface area contributed by atoms with E-state index in [1.54, 1.807) is 4.90 Å². The summed E-state index contributed by atoms with van der Waals surface area (Å²) >= 11 is 0. The Bertz CT molecular complexity index is 402. The van der Waals surface area contributed by atoms with Crippen LogP contribution in [0.4, 0.5) is 4.79 Å². The average molecular weight is 340 g/mol. The summed E-state index contributed by atoms with van der Waals surface area (Å²) < 4.78 is 5.42. The normalized spacial score (nSPS) is 28.8. The minimum atomic E-state index is -0.432. The summed E-state index contributed by atoms with van der Waals surface area (Å²) in [5, 5.41) is 7.46. The SMILES string of the molecule is CC(CNC1CCCC1C1CCCN1)CN(C)C(=O)OC(C)(C)C. The van der Waals surface area contributed by atoms with Crippen molar-refractivity contribution in [1.82, 2.24) is 15.5 Å². The molecule has 5 nitrogen and oxygen atoms in total. The lowest BCUT2D eigenvalue weighted by Crippen LogP contribution is -2.45. The Hall–Kier alpha value is -0.810. The van der Waals surface area contributed by atoms with Crippen LogP contribution in [0.15, 0.2) is 0 Å². The zero-order chi connectivity index (χ0) is 17.7. The molecule has 1 aliphatic heterocycles. The molecule has 1 amide bonds. The highest BCUT2D eigenvalue weighted by Crippen LogP contribution is 2.32. The summed E-state index contributed by atoms with van der Waals surface area (Å²) in [5.41, 5.74) is -0.432. The molecule has 4 unspecified atom stereocenters. The van der Waals surface area contributed by atoms with Crippen molar-refractivity contribution in [3.63, 3.8) is 0 Å². The molecular weight excluding hydrogens is 302 g/mol. The van der Waals surface area contributed by atoms with Crippen molar-refractivity contribution in [3.05, 3.63) is 0 Å². The Balaban J connectivity index is 1.72. The van der Waals surface area contributed by atoms with Gasteiger partial charge in [-0.2, -0.15) is 0 Å². The van der Waals surface area contributed by atoms with E-state index < -0.39 is 5.60 Å². The van der Waals surface area contributed by atoms with E-state index in [0.29, 0.717) is 18.0 Å². The smallest absolute Gasteiger partial charge is 0.410 e. The van der Waals surface area contributed by atoms with Crippen molar-refractivity contribution in [2.75, 3.05) is 26.7 Å². The van der Waals surface area contributed by atoms with Crippen molar-refractivity contribution >= 4 is 6.09 Å². The Kier molecular flexibility index (Phi) is 6.93. The maximum Gasteiger partial charge on any atom is 0.410 e. The van der Waals surface area contributed by atoms with Gasteiger partial charge in [-0.15, -0.1) is 0 Å². The fourth-order valence-electron chi connectivity index (χ4n) is 4.10. The van der Waals surface area contributed by atoms with Gasteiger partial charge < -0.3 is 20.3 Å². The third-order valence-corrected chi connectivity index (χ3v) is 5.20. The molecule has 2 rings (SSSR count). The molecular formula is C19H37N3O2. The first-order valence-electron chi connectivity index (χ1n) is 9.67. The standard InChI is InChI=1S/C19H37N3O2/c1-14(13-22(5)18(23)24-19(2,3)4)12-21-17-9-6-8-15(17)16-10-7-11-20-16/h14-17,20-21H,6-13H2,1-5H3. The lowest BCUT2D eigenvalue weighted by Gasteiger charge is -2.29. The van der Waals surface area contributed by atoms with Crippen LogP contribution in [0.5, 0.6) is 0 Å². The quantitative estimate of drug-likeness (QED) is 0.781. The molecule has 0 aromatic heterocycles. The van der Waals surface area contributed by atoms with Crippen LogP contribution in [0.1, 0.15) is 59.8 Å². The first-order chi connectivity index (χ1) is 11.3. The van der Waals surface area contributed by atoms with Crippen LogP contribution in [0.2, 0.25) is 0 Å². The van der Waals surface area contributed by atoms with Gasteiger partial charge in [-0.25, -0.2) is 4.79 Å². The second kappa shape index (κ2) is 8.52. The third kappa shape index (κ3) is 5.92. The summed E-state index contributed by atoms with van der Waals surface area (Å²) in [5.74, 6) is 1.20. The Morgan fingerprint density at radius 3 is 2.67 bits per heavy atom. The first-order valence-corrected chi connectivity index (χ1v) is 9.67. The summed E-state index contributed by atoms with van der Waals surface area (Å²) in [4.78, 5) is 13.8. The van der Waals surface area contributed by atoms with Crippen LogP contribution in [0.25, 0.3) is 0 Å². The van der Waals surface area contributed by atoms with Crippen molar-refractivity contribution < 1.29 is 9.53 Å². The molecule has 4 atom stereocenters. The fraction of sp³-hybridized carbons (Fsp3) is 0.947. The van der Waals surface area contributed by atoms with Crippen LogP contribution in [0.3, 0.4) is 0 Å². The predicted molar refractivity (Wildman–Crippen MR) is 98.2 cm³/mol. The monoisotopic (exact) mass is 339 g/mol. The van der Waals surface area contributed by atoms with E-state index in [-0.39, 0.29) is 6.09 Å². The molecule has 0 spiro atoms. The van der Waals surface area contributed by atoms with Crippen LogP contribution in [0, 0.1) is 11.8 Å². The highest BCUT2D eigenvalue weighted by molar-refractivity contribution is 5.67. The molecule has 5 heteroatoms. The molecule has 1 saturated carbocycles. The number of carbonyl (C=O) groups excluding carboxylic acids is 1. The largest absolute Gasteiger partial charge is 0.444 e. The second-order valence-electron chi connectivity index (χ2n) is 8.78. The minimum absolute atomic E-state index is 0.233. The van der Waals surface area contributed by atoms with Crippen LogP contribution in [-0.2, 0) is 4.74 Å². The van der Waals surface area contributed by atoms with E-state index in [1.165, 1.54) is 38.6 Å². The number of nitrogens with one attached hydrogen (secondary N) is 2. The van der Waals surface area contributed by atoms with Crippen LogP contribution in [-0.4, -0.2) is 55.4 Å². The van der Waals surface area contributed by atoms with Gasteiger partial charge in [0.1, 0.15) is 5.60 Å². The molecule has 0 aromatic carbocycles. The van der Waals surface area contributed by atoms with E-state index in [2.05, 4.69) is 17.6 Å². The van der Waals surface area contributed by atoms with E-state index >= 15 is 0 Å². The lowest BCUT2D eigenvalue weighted by atomic mass is 9.93.